The number of aliphatic carboxylic acids is 1. The third-order valence-electron chi connectivity index (χ3n) is 1.67. The van der Waals surface area contributed by atoms with Gasteiger partial charge in [0.25, 0.3) is 0 Å². The van der Waals surface area contributed by atoms with Crippen LogP contribution in [-0.4, -0.2) is 11.1 Å². The van der Waals surface area contributed by atoms with E-state index in [1.54, 1.807) is 0 Å². The van der Waals surface area contributed by atoms with Crippen molar-refractivity contribution >= 4 is 5.97 Å². The van der Waals surface area contributed by atoms with Crippen molar-refractivity contribution in [3.8, 4) is 0 Å². The topological polar surface area (TPSA) is 37.3 Å². The van der Waals surface area contributed by atoms with Gasteiger partial charge in [-0.2, -0.15) is 0 Å². The molecule has 0 saturated carbocycles. The number of allylic oxidation sites excluding steroid dienone is 3. The summed E-state index contributed by atoms with van der Waals surface area (Å²) in [6, 6.07) is 0. The van der Waals surface area contributed by atoms with E-state index in [4.69, 9.17) is 5.11 Å². The Morgan fingerprint density at radius 2 is 2.36 bits per heavy atom. The fourth-order valence-electron chi connectivity index (χ4n) is 1.13. The second-order valence-electron chi connectivity index (χ2n) is 2.68. The molecule has 60 valence electrons. The van der Waals surface area contributed by atoms with Gasteiger partial charge in [0.15, 0.2) is 0 Å². The second kappa shape index (κ2) is 3.96. The number of carbonyl (C=O) groups is 1. The van der Waals surface area contributed by atoms with Crippen molar-refractivity contribution in [2.45, 2.75) is 25.7 Å². The van der Waals surface area contributed by atoms with Crippen LogP contribution >= 0.6 is 0 Å². The summed E-state index contributed by atoms with van der Waals surface area (Å²) in [6.07, 6.45) is 9.35. The van der Waals surface area contributed by atoms with Crippen LogP contribution in [0.2, 0.25) is 0 Å². The zero-order valence-electron chi connectivity index (χ0n) is 6.42. The Hall–Kier alpha value is -1.05. The van der Waals surface area contributed by atoms with Crippen LogP contribution in [0.4, 0.5) is 0 Å². The second-order valence-corrected chi connectivity index (χ2v) is 2.68. The minimum absolute atomic E-state index is 0.163. The van der Waals surface area contributed by atoms with E-state index >= 15 is 0 Å². The fraction of sp³-hybridized carbons (Fsp3) is 0.444. The lowest BCUT2D eigenvalue weighted by Crippen LogP contribution is -1.94. The summed E-state index contributed by atoms with van der Waals surface area (Å²) in [5, 5.41) is 8.48. The molecule has 1 rings (SSSR count). The van der Waals surface area contributed by atoms with Gasteiger partial charge in [0.2, 0.25) is 0 Å². The summed E-state index contributed by atoms with van der Waals surface area (Å²) in [4.78, 5) is 10.3. The molecule has 0 bridgehead atoms. The summed E-state index contributed by atoms with van der Waals surface area (Å²) >= 11 is 0. The first-order valence-electron chi connectivity index (χ1n) is 3.86. The highest BCUT2D eigenvalue weighted by Gasteiger charge is 2.01. The average Bonchev–Trinajstić information content (AvgIpc) is 2.14. The first kappa shape index (κ1) is 8.05. The maximum atomic E-state index is 10.3. The minimum atomic E-state index is -0.747. The van der Waals surface area contributed by atoms with E-state index in [0.717, 1.165) is 24.8 Å². The van der Waals surface area contributed by atoms with Gasteiger partial charge in [0.1, 0.15) is 0 Å². The van der Waals surface area contributed by atoms with Crippen LogP contribution < -0.4 is 0 Å². The Balaban J connectivity index is 2.53. The summed E-state index contributed by atoms with van der Waals surface area (Å²) in [7, 11) is 0. The molecule has 0 saturated heterocycles. The van der Waals surface area contributed by atoms with Crippen LogP contribution in [0, 0.1) is 0 Å². The van der Waals surface area contributed by atoms with Crippen molar-refractivity contribution in [2.24, 2.45) is 0 Å². The summed E-state index contributed by atoms with van der Waals surface area (Å²) in [5.41, 5.74) is 0.940. The largest absolute Gasteiger partial charge is 0.481 e. The molecule has 1 aliphatic rings. The van der Waals surface area contributed by atoms with E-state index in [1.165, 1.54) is 0 Å². The molecular formula is C9H12O2. The fourth-order valence-corrected chi connectivity index (χ4v) is 1.13. The Labute approximate surface area is 66.2 Å². The van der Waals surface area contributed by atoms with Crippen LogP contribution in [0.3, 0.4) is 0 Å². The molecule has 0 aromatic carbocycles. The predicted octanol–water partition coefficient (Wildman–Crippen LogP) is 2.13. The maximum absolute atomic E-state index is 10.3. The van der Waals surface area contributed by atoms with Gasteiger partial charge < -0.3 is 5.11 Å². The van der Waals surface area contributed by atoms with Crippen molar-refractivity contribution < 1.29 is 9.90 Å². The van der Waals surface area contributed by atoms with Crippen LogP contribution in [0.1, 0.15) is 25.7 Å². The Kier molecular flexibility index (Phi) is 2.90. The molecule has 0 amide bonds. The third-order valence-corrected chi connectivity index (χ3v) is 1.67. The Morgan fingerprint density at radius 3 is 3.09 bits per heavy atom. The monoisotopic (exact) mass is 152 g/mol. The summed E-state index contributed by atoms with van der Waals surface area (Å²) < 4.78 is 0. The smallest absolute Gasteiger partial charge is 0.307 e. The lowest BCUT2D eigenvalue weighted by atomic mass is 10.1. The number of carboxylic acid groups (broad SMARTS) is 1. The van der Waals surface area contributed by atoms with Gasteiger partial charge in [-0.3, -0.25) is 4.79 Å². The van der Waals surface area contributed by atoms with Crippen LogP contribution in [0.25, 0.3) is 0 Å². The lowest BCUT2D eigenvalue weighted by Gasteiger charge is -1.93. The number of rotatable bonds is 2. The summed E-state index contributed by atoms with van der Waals surface area (Å²) in [6.45, 7) is 0. The van der Waals surface area contributed by atoms with Crippen molar-refractivity contribution in [2.75, 3.05) is 0 Å². The van der Waals surface area contributed by atoms with Gasteiger partial charge >= 0.3 is 5.97 Å². The van der Waals surface area contributed by atoms with Gasteiger partial charge in [-0.15, -0.1) is 0 Å². The Morgan fingerprint density at radius 1 is 1.55 bits per heavy atom. The van der Waals surface area contributed by atoms with E-state index in [2.05, 4.69) is 0 Å². The highest BCUT2D eigenvalue weighted by molar-refractivity contribution is 5.70. The molecule has 0 aliphatic heterocycles. The molecule has 0 atom stereocenters. The van der Waals surface area contributed by atoms with Crippen LogP contribution in [-0.2, 0) is 4.79 Å². The lowest BCUT2D eigenvalue weighted by molar-refractivity contribution is -0.136. The molecule has 0 radical (unpaired) electrons. The molecule has 0 unspecified atom stereocenters. The Bertz CT molecular complexity index is 202. The molecule has 11 heavy (non-hydrogen) atoms. The minimum Gasteiger partial charge on any atom is -0.481 e. The SMILES string of the molecule is O=C(O)CC1=CCCCC=C1. The molecule has 0 aromatic heterocycles. The normalized spacial score (nSPS) is 17.3. The van der Waals surface area contributed by atoms with Gasteiger partial charge in [-0.25, -0.2) is 0 Å². The summed E-state index contributed by atoms with van der Waals surface area (Å²) in [5.74, 6) is -0.747. The van der Waals surface area contributed by atoms with E-state index < -0.39 is 5.97 Å². The predicted molar refractivity (Wildman–Crippen MR) is 43.3 cm³/mol. The van der Waals surface area contributed by atoms with E-state index in [0.29, 0.717) is 0 Å². The number of carboxylic acids is 1. The van der Waals surface area contributed by atoms with Gasteiger partial charge in [0.05, 0.1) is 6.42 Å². The zero-order chi connectivity index (χ0) is 8.10. The molecular weight excluding hydrogens is 140 g/mol. The first-order valence-corrected chi connectivity index (χ1v) is 3.86. The molecule has 0 fully saturated rings. The molecule has 0 aromatic rings. The van der Waals surface area contributed by atoms with Crippen molar-refractivity contribution in [1.29, 1.82) is 0 Å². The van der Waals surface area contributed by atoms with Crippen LogP contribution in [0.5, 0.6) is 0 Å². The molecule has 1 N–H and O–H groups in total. The molecule has 1 aliphatic carbocycles. The average molecular weight is 152 g/mol. The standard InChI is InChI=1S/C9H12O2/c10-9(11)7-8-5-3-1-2-4-6-8/h3,5-6H,1-2,4,7H2,(H,10,11). The molecule has 2 heteroatoms. The number of hydrogen-bond donors (Lipinski definition) is 1. The van der Waals surface area contributed by atoms with Gasteiger partial charge in [-0.05, 0) is 24.8 Å². The maximum Gasteiger partial charge on any atom is 0.307 e. The van der Waals surface area contributed by atoms with E-state index in [-0.39, 0.29) is 6.42 Å². The first-order chi connectivity index (χ1) is 5.29. The van der Waals surface area contributed by atoms with E-state index in [9.17, 15) is 4.79 Å². The quantitative estimate of drug-likeness (QED) is 0.658. The molecule has 0 spiro atoms. The molecule has 0 heterocycles. The van der Waals surface area contributed by atoms with Crippen molar-refractivity contribution in [3.05, 3.63) is 23.8 Å². The van der Waals surface area contributed by atoms with Crippen molar-refractivity contribution in [1.82, 2.24) is 0 Å². The van der Waals surface area contributed by atoms with E-state index in [1.807, 2.05) is 18.2 Å². The zero-order valence-corrected chi connectivity index (χ0v) is 6.42. The third kappa shape index (κ3) is 3.03. The number of hydrogen-bond acceptors (Lipinski definition) is 1. The van der Waals surface area contributed by atoms with Crippen LogP contribution in [0.15, 0.2) is 23.8 Å². The highest BCUT2D eigenvalue weighted by Crippen LogP contribution is 2.12. The molecule has 2 nitrogen and oxygen atoms in total. The van der Waals surface area contributed by atoms with Crippen molar-refractivity contribution in [3.63, 3.8) is 0 Å². The van der Waals surface area contributed by atoms with Gasteiger partial charge in [-0.1, -0.05) is 18.2 Å². The highest BCUT2D eigenvalue weighted by atomic mass is 16.4. The van der Waals surface area contributed by atoms with Gasteiger partial charge in [0, 0.05) is 0 Å².